The number of aromatic nitrogens is 2. The Morgan fingerprint density at radius 3 is 2.62 bits per heavy atom. The number of piperidine rings is 1. The van der Waals surface area contributed by atoms with Crippen LogP contribution in [0.3, 0.4) is 0 Å². The van der Waals surface area contributed by atoms with Gasteiger partial charge in [0, 0.05) is 29.6 Å². The van der Waals surface area contributed by atoms with Crippen LogP contribution in [0.4, 0.5) is 15.9 Å². The molecular formula is C25H28FN5O. The zero-order valence-electron chi connectivity index (χ0n) is 18.1. The average Bonchev–Trinajstić information content (AvgIpc) is 2.83. The van der Waals surface area contributed by atoms with Crippen molar-refractivity contribution in [3.05, 3.63) is 72.2 Å². The van der Waals surface area contributed by atoms with Gasteiger partial charge in [-0.2, -0.15) is 0 Å². The number of amides is 1. The van der Waals surface area contributed by atoms with Crippen LogP contribution in [0.1, 0.15) is 36.0 Å². The van der Waals surface area contributed by atoms with Gasteiger partial charge < -0.3 is 15.5 Å². The first-order valence-corrected chi connectivity index (χ1v) is 11.1. The van der Waals surface area contributed by atoms with Crippen molar-refractivity contribution in [1.29, 1.82) is 0 Å². The molecule has 0 spiro atoms. The summed E-state index contributed by atoms with van der Waals surface area (Å²) >= 11 is 0. The number of likely N-dealkylation sites (tertiary alicyclic amines) is 1. The Bertz CT molecular complexity index is 1030. The molecule has 0 radical (unpaired) electrons. The molecule has 1 aliphatic heterocycles. The van der Waals surface area contributed by atoms with Crippen molar-refractivity contribution in [2.75, 3.05) is 31.5 Å². The molecule has 1 aliphatic rings. The molecule has 0 atom stereocenters. The second kappa shape index (κ2) is 10.8. The highest BCUT2D eigenvalue weighted by Crippen LogP contribution is 2.20. The highest BCUT2D eigenvalue weighted by molar-refractivity contribution is 5.94. The number of anilines is 2. The van der Waals surface area contributed by atoms with Gasteiger partial charge in [-0.25, -0.2) is 14.4 Å². The maximum Gasteiger partial charge on any atom is 0.251 e. The fraction of sp³-hybridized carbons (Fsp3) is 0.320. The predicted octanol–water partition coefficient (Wildman–Crippen LogP) is 4.63. The van der Waals surface area contributed by atoms with Gasteiger partial charge in [-0.1, -0.05) is 18.6 Å². The molecule has 3 aromatic rings. The second-order valence-electron chi connectivity index (χ2n) is 7.99. The smallest absolute Gasteiger partial charge is 0.251 e. The van der Waals surface area contributed by atoms with E-state index in [-0.39, 0.29) is 11.7 Å². The average molecular weight is 434 g/mol. The lowest BCUT2D eigenvalue weighted by Gasteiger charge is -2.26. The minimum absolute atomic E-state index is 0.0642. The first-order chi connectivity index (χ1) is 15.7. The van der Waals surface area contributed by atoms with E-state index in [0.717, 1.165) is 18.7 Å². The van der Waals surface area contributed by atoms with E-state index < -0.39 is 0 Å². The van der Waals surface area contributed by atoms with Crippen molar-refractivity contribution in [1.82, 2.24) is 20.2 Å². The van der Waals surface area contributed by atoms with E-state index in [0.29, 0.717) is 29.3 Å². The van der Waals surface area contributed by atoms with Gasteiger partial charge in [0.1, 0.15) is 11.6 Å². The van der Waals surface area contributed by atoms with Crippen molar-refractivity contribution in [3.63, 3.8) is 0 Å². The molecule has 4 rings (SSSR count). The highest BCUT2D eigenvalue weighted by Gasteiger charge is 2.10. The minimum atomic E-state index is -0.329. The molecule has 7 heteroatoms. The quantitative estimate of drug-likeness (QED) is 0.507. The molecule has 2 N–H and O–H groups in total. The number of hydrogen-bond acceptors (Lipinski definition) is 5. The van der Waals surface area contributed by atoms with Gasteiger partial charge in [0.05, 0.1) is 0 Å². The Morgan fingerprint density at radius 1 is 1.03 bits per heavy atom. The summed E-state index contributed by atoms with van der Waals surface area (Å²) < 4.78 is 13.5. The zero-order valence-corrected chi connectivity index (χ0v) is 18.1. The lowest BCUT2D eigenvalue weighted by atomic mass is 10.1. The number of carbonyl (C=O) groups excluding carboxylic acids is 1. The van der Waals surface area contributed by atoms with E-state index >= 15 is 0 Å². The van der Waals surface area contributed by atoms with Crippen LogP contribution in [0.2, 0.25) is 0 Å². The Hall–Kier alpha value is -3.32. The molecule has 32 heavy (non-hydrogen) atoms. The molecule has 6 nitrogen and oxygen atoms in total. The number of rotatable bonds is 8. The fourth-order valence-corrected chi connectivity index (χ4v) is 3.84. The molecule has 166 valence electrons. The van der Waals surface area contributed by atoms with Crippen LogP contribution in [0.25, 0.3) is 11.4 Å². The molecule has 0 aliphatic carbocycles. The van der Waals surface area contributed by atoms with Crippen molar-refractivity contribution in [3.8, 4) is 11.4 Å². The van der Waals surface area contributed by atoms with Gasteiger partial charge in [-0.3, -0.25) is 4.79 Å². The van der Waals surface area contributed by atoms with E-state index in [2.05, 4.69) is 25.5 Å². The lowest BCUT2D eigenvalue weighted by Crippen LogP contribution is -2.33. The van der Waals surface area contributed by atoms with Gasteiger partial charge in [-0.05, 0) is 81.4 Å². The Labute approximate surface area is 187 Å². The normalized spacial score (nSPS) is 14.2. The van der Waals surface area contributed by atoms with Crippen LogP contribution in [0.15, 0.2) is 60.8 Å². The van der Waals surface area contributed by atoms with E-state index in [1.165, 1.54) is 44.5 Å². The first-order valence-electron chi connectivity index (χ1n) is 11.1. The monoisotopic (exact) mass is 433 g/mol. The van der Waals surface area contributed by atoms with Crippen LogP contribution < -0.4 is 10.6 Å². The van der Waals surface area contributed by atoms with Crippen LogP contribution in [0, 0.1) is 5.82 Å². The number of halogens is 1. The zero-order chi connectivity index (χ0) is 22.2. The number of carbonyl (C=O) groups is 1. The summed E-state index contributed by atoms with van der Waals surface area (Å²) in [4.78, 5) is 23.5. The third kappa shape index (κ3) is 6.11. The molecule has 0 bridgehead atoms. The number of nitrogens with zero attached hydrogens (tertiary/aromatic N) is 3. The van der Waals surface area contributed by atoms with Crippen molar-refractivity contribution >= 4 is 17.4 Å². The van der Waals surface area contributed by atoms with E-state index in [1.807, 2.05) is 12.1 Å². The Kier molecular flexibility index (Phi) is 7.40. The van der Waals surface area contributed by atoms with Gasteiger partial charge in [-0.15, -0.1) is 0 Å². The lowest BCUT2D eigenvalue weighted by molar-refractivity contribution is 0.0951. The summed E-state index contributed by atoms with van der Waals surface area (Å²) in [6.45, 7) is 4.08. The molecule has 1 amide bonds. The maximum atomic E-state index is 13.5. The fourth-order valence-electron chi connectivity index (χ4n) is 3.84. The molecular weight excluding hydrogens is 405 g/mol. The number of nitrogens with one attached hydrogen (secondary N) is 2. The van der Waals surface area contributed by atoms with Gasteiger partial charge in [0.2, 0.25) is 0 Å². The SMILES string of the molecule is O=C(NCCCN1CCCCC1)c1ccc(Nc2ccnc(-c3cccc(F)c3)n2)cc1. The maximum absolute atomic E-state index is 13.5. The van der Waals surface area contributed by atoms with Crippen LogP contribution in [-0.4, -0.2) is 47.0 Å². The summed E-state index contributed by atoms with van der Waals surface area (Å²) in [5, 5.41) is 6.20. The van der Waals surface area contributed by atoms with Crippen molar-refractivity contribution in [2.45, 2.75) is 25.7 Å². The first kappa shape index (κ1) is 21.9. The van der Waals surface area contributed by atoms with Gasteiger partial charge in [0.25, 0.3) is 5.91 Å². The highest BCUT2D eigenvalue weighted by atomic mass is 19.1. The van der Waals surface area contributed by atoms with Gasteiger partial charge >= 0.3 is 0 Å². The van der Waals surface area contributed by atoms with E-state index in [1.54, 1.807) is 36.5 Å². The molecule has 1 fully saturated rings. The topological polar surface area (TPSA) is 70.2 Å². The van der Waals surface area contributed by atoms with E-state index in [4.69, 9.17) is 0 Å². The summed E-state index contributed by atoms with van der Waals surface area (Å²) in [6, 6.07) is 15.2. The van der Waals surface area contributed by atoms with Crippen LogP contribution >= 0.6 is 0 Å². The standard InChI is InChI=1S/C25H28FN5O/c26-21-7-4-6-20(18-21)24-27-14-12-23(30-24)29-22-10-8-19(9-11-22)25(32)28-13-5-17-31-15-2-1-3-16-31/h4,6-12,14,18H,1-3,5,13,15-17H2,(H,28,32)(H,27,29,30). The number of benzene rings is 2. The number of hydrogen-bond donors (Lipinski definition) is 2. The van der Waals surface area contributed by atoms with E-state index in [9.17, 15) is 9.18 Å². The van der Waals surface area contributed by atoms with Crippen molar-refractivity contribution < 1.29 is 9.18 Å². The second-order valence-corrected chi connectivity index (χ2v) is 7.99. The Balaban J connectivity index is 1.29. The van der Waals surface area contributed by atoms with Crippen LogP contribution in [-0.2, 0) is 0 Å². The Morgan fingerprint density at radius 2 is 1.84 bits per heavy atom. The summed E-state index contributed by atoms with van der Waals surface area (Å²) in [5.41, 5.74) is 2.04. The molecule has 1 saturated heterocycles. The van der Waals surface area contributed by atoms with Crippen LogP contribution in [0.5, 0.6) is 0 Å². The molecule has 2 heterocycles. The molecule has 0 unspecified atom stereocenters. The van der Waals surface area contributed by atoms with Gasteiger partial charge in [0.15, 0.2) is 5.82 Å². The third-order valence-electron chi connectivity index (χ3n) is 5.54. The summed E-state index contributed by atoms with van der Waals surface area (Å²) in [5.74, 6) is 0.639. The largest absolute Gasteiger partial charge is 0.352 e. The molecule has 2 aromatic carbocycles. The molecule has 0 saturated carbocycles. The third-order valence-corrected chi connectivity index (χ3v) is 5.54. The summed E-state index contributed by atoms with van der Waals surface area (Å²) in [7, 11) is 0. The van der Waals surface area contributed by atoms with Crippen molar-refractivity contribution in [2.24, 2.45) is 0 Å². The minimum Gasteiger partial charge on any atom is -0.352 e. The predicted molar refractivity (Wildman–Crippen MR) is 124 cm³/mol. The summed E-state index contributed by atoms with van der Waals surface area (Å²) in [6.07, 6.45) is 6.50. The molecule has 1 aromatic heterocycles.